The SMILES string of the molecule is CC(=O)NS(=O)(=O)c1ccc(NC(=O)COC(=O)c2c(-c3ccccc3)c3ccccc3c(=O)n2C)cc1. The van der Waals surface area contributed by atoms with Crippen LogP contribution in [0, 0.1) is 0 Å². The second-order valence-electron chi connectivity index (χ2n) is 8.31. The molecule has 10 nitrogen and oxygen atoms in total. The van der Waals surface area contributed by atoms with Gasteiger partial charge in [0.05, 0.1) is 4.90 Å². The number of esters is 1. The van der Waals surface area contributed by atoms with E-state index in [1.807, 2.05) is 35.1 Å². The fraction of sp³-hybridized carbons (Fsp3) is 0.111. The van der Waals surface area contributed by atoms with Gasteiger partial charge >= 0.3 is 5.97 Å². The lowest BCUT2D eigenvalue weighted by molar-refractivity contribution is -0.119. The standard InChI is InChI=1S/C27H23N3O7S/c1-17(31)29-38(35,36)20-14-12-19(13-15-20)28-23(32)16-37-27(34)25-24(18-8-4-3-5-9-18)21-10-6-7-11-22(21)26(33)30(25)2/h3-15H,16H2,1-2H3,(H,28,32)(H,29,31). The van der Waals surface area contributed by atoms with Gasteiger partial charge in [0.1, 0.15) is 5.69 Å². The van der Waals surface area contributed by atoms with E-state index in [-0.39, 0.29) is 21.8 Å². The number of carbonyl (C=O) groups is 3. The maximum absolute atomic E-state index is 13.2. The number of fused-ring (bicyclic) bond motifs is 1. The summed E-state index contributed by atoms with van der Waals surface area (Å²) in [4.78, 5) is 49.5. The summed E-state index contributed by atoms with van der Waals surface area (Å²) in [6, 6.07) is 21.1. The Hall–Kier alpha value is -4.77. The number of hydrogen-bond acceptors (Lipinski definition) is 7. The lowest BCUT2D eigenvalue weighted by Crippen LogP contribution is -2.28. The Morgan fingerprint density at radius 2 is 1.47 bits per heavy atom. The highest BCUT2D eigenvalue weighted by Crippen LogP contribution is 2.30. The molecule has 0 unspecified atom stereocenters. The predicted octanol–water partition coefficient (Wildman–Crippen LogP) is 2.83. The number of amides is 2. The van der Waals surface area contributed by atoms with Crippen LogP contribution in [0.4, 0.5) is 5.69 Å². The second kappa shape index (κ2) is 10.7. The van der Waals surface area contributed by atoms with Crippen LogP contribution in [0.5, 0.6) is 0 Å². The smallest absolute Gasteiger partial charge is 0.356 e. The molecule has 2 amide bonds. The Morgan fingerprint density at radius 1 is 0.868 bits per heavy atom. The van der Waals surface area contributed by atoms with Crippen molar-refractivity contribution < 1.29 is 27.5 Å². The Labute approximate surface area is 217 Å². The molecule has 1 aromatic heterocycles. The monoisotopic (exact) mass is 533 g/mol. The molecule has 38 heavy (non-hydrogen) atoms. The van der Waals surface area contributed by atoms with Crippen LogP contribution in [0.25, 0.3) is 21.9 Å². The van der Waals surface area contributed by atoms with Crippen LogP contribution in [-0.2, 0) is 31.4 Å². The number of aromatic nitrogens is 1. The molecule has 4 aromatic rings. The van der Waals surface area contributed by atoms with Gasteiger partial charge in [-0.1, -0.05) is 48.5 Å². The zero-order chi connectivity index (χ0) is 27.4. The van der Waals surface area contributed by atoms with Crippen LogP contribution in [0.15, 0.2) is 88.6 Å². The summed E-state index contributed by atoms with van der Waals surface area (Å²) < 4.78 is 32.4. The molecule has 0 saturated heterocycles. The first-order valence-electron chi connectivity index (χ1n) is 11.4. The van der Waals surface area contributed by atoms with Gasteiger partial charge in [-0.2, -0.15) is 0 Å². The van der Waals surface area contributed by atoms with Gasteiger partial charge in [-0.25, -0.2) is 17.9 Å². The van der Waals surface area contributed by atoms with E-state index in [4.69, 9.17) is 4.74 Å². The van der Waals surface area contributed by atoms with E-state index in [0.29, 0.717) is 21.9 Å². The number of nitrogens with zero attached hydrogens (tertiary/aromatic N) is 1. The first-order valence-corrected chi connectivity index (χ1v) is 12.8. The minimum absolute atomic E-state index is 0.000214. The third-order valence-electron chi connectivity index (χ3n) is 5.62. The van der Waals surface area contributed by atoms with E-state index >= 15 is 0 Å². The predicted molar refractivity (Wildman–Crippen MR) is 141 cm³/mol. The Balaban J connectivity index is 1.55. The van der Waals surface area contributed by atoms with Crippen molar-refractivity contribution in [1.82, 2.24) is 9.29 Å². The number of nitrogens with one attached hydrogen (secondary N) is 2. The molecule has 0 saturated carbocycles. The first kappa shape index (κ1) is 26.3. The van der Waals surface area contributed by atoms with Gasteiger partial charge in [-0.3, -0.25) is 14.4 Å². The minimum Gasteiger partial charge on any atom is -0.451 e. The normalized spacial score (nSPS) is 11.1. The van der Waals surface area contributed by atoms with Crippen molar-refractivity contribution in [3.05, 3.63) is 94.9 Å². The number of hydrogen-bond donors (Lipinski definition) is 2. The molecule has 11 heteroatoms. The summed E-state index contributed by atoms with van der Waals surface area (Å²) in [5.74, 6) is -2.27. The number of sulfonamides is 1. The number of ether oxygens (including phenoxy) is 1. The molecule has 0 aliphatic carbocycles. The van der Waals surface area contributed by atoms with Gasteiger partial charge in [0.15, 0.2) is 6.61 Å². The van der Waals surface area contributed by atoms with Crippen molar-refractivity contribution in [2.24, 2.45) is 7.05 Å². The fourth-order valence-corrected chi connectivity index (χ4v) is 4.95. The average molecular weight is 534 g/mol. The van der Waals surface area contributed by atoms with Crippen molar-refractivity contribution in [1.29, 1.82) is 0 Å². The minimum atomic E-state index is -4.02. The van der Waals surface area contributed by atoms with Gasteiger partial charge < -0.3 is 14.6 Å². The Morgan fingerprint density at radius 3 is 2.11 bits per heavy atom. The quantitative estimate of drug-likeness (QED) is 0.348. The molecule has 3 aromatic carbocycles. The largest absolute Gasteiger partial charge is 0.451 e. The molecular weight excluding hydrogens is 510 g/mol. The highest BCUT2D eigenvalue weighted by Gasteiger charge is 2.23. The maximum Gasteiger partial charge on any atom is 0.356 e. The number of rotatable bonds is 7. The van der Waals surface area contributed by atoms with Crippen molar-refractivity contribution in [3.8, 4) is 11.1 Å². The summed E-state index contributed by atoms with van der Waals surface area (Å²) in [5, 5.41) is 3.52. The summed E-state index contributed by atoms with van der Waals surface area (Å²) >= 11 is 0. The van der Waals surface area contributed by atoms with E-state index < -0.39 is 34.4 Å². The van der Waals surface area contributed by atoms with Crippen LogP contribution in [0.3, 0.4) is 0 Å². The molecule has 2 N–H and O–H groups in total. The molecule has 0 fully saturated rings. The number of benzene rings is 3. The van der Waals surface area contributed by atoms with Gasteiger partial charge in [0.25, 0.3) is 21.5 Å². The van der Waals surface area contributed by atoms with Crippen LogP contribution < -0.4 is 15.6 Å². The van der Waals surface area contributed by atoms with E-state index in [2.05, 4.69) is 5.32 Å². The van der Waals surface area contributed by atoms with Crippen LogP contribution in [-0.4, -0.2) is 37.4 Å². The molecule has 4 rings (SSSR count). The number of anilines is 1. The van der Waals surface area contributed by atoms with Crippen molar-refractivity contribution in [2.45, 2.75) is 11.8 Å². The maximum atomic E-state index is 13.2. The van der Waals surface area contributed by atoms with E-state index in [1.54, 1.807) is 24.3 Å². The third kappa shape index (κ3) is 5.47. The Bertz CT molecular complexity index is 1710. The third-order valence-corrected chi connectivity index (χ3v) is 7.07. The summed E-state index contributed by atoms with van der Waals surface area (Å²) in [5.41, 5.74) is 1.07. The van der Waals surface area contributed by atoms with Gasteiger partial charge in [0.2, 0.25) is 5.91 Å². The van der Waals surface area contributed by atoms with E-state index in [9.17, 15) is 27.6 Å². The summed E-state index contributed by atoms with van der Waals surface area (Å²) in [6.07, 6.45) is 0. The molecule has 1 heterocycles. The summed E-state index contributed by atoms with van der Waals surface area (Å²) in [6.45, 7) is 0.423. The van der Waals surface area contributed by atoms with Crippen LogP contribution in [0.1, 0.15) is 17.4 Å². The molecule has 0 aliphatic heterocycles. The second-order valence-corrected chi connectivity index (χ2v) is 9.99. The average Bonchev–Trinajstić information content (AvgIpc) is 2.89. The van der Waals surface area contributed by atoms with E-state index in [0.717, 1.165) is 6.92 Å². The fourth-order valence-electron chi connectivity index (χ4n) is 3.96. The molecule has 0 aliphatic rings. The van der Waals surface area contributed by atoms with Crippen molar-refractivity contribution in [3.63, 3.8) is 0 Å². The molecule has 0 spiro atoms. The topological polar surface area (TPSA) is 141 Å². The van der Waals surface area contributed by atoms with Gasteiger partial charge in [-0.05, 0) is 41.3 Å². The molecular formula is C27H23N3O7S. The molecule has 0 bridgehead atoms. The lowest BCUT2D eigenvalue weighted by Gasteiger charge is -2.16. The zero-order valence-electron chi connectivity index (χ0n) is 20.4. The lowest BCUT2D eigenvalue weighted by atomic mass is 9.97. The van der Waals surface area contributed by atoms with E-state index in [1.165, 1.54) is 35.9 Å². The van der Waals surface area contributed by atoms with Gasteiger partial charge in [0, 0.05) is 30.6 Å². The van der Waals surface area contributed by atoms with Gasteiger partial charge in [-0.15, -0.1) is 0 Å². The highest BCUT2D eigenvalue weighted by atomic mass is 32.2. The Kier molecular flexibility index (Phi) is 7.40. The van der Waals surface area contributed by atoms with Crippen molar-refractivity contribution >= 4 is 44.3 Å². The molecule has 194 valence electrons. The zero-order valence-corrected chi connectivity index (χ0v) is 21.2. The summed E-state index contributed by atoms with van der Waals surface area (Å²) in [7, 11) is -2.55. The molecule has 0 atom stereocenters. The molecule has 0 radical (unpaired) electrons. The number of pyridine rings is 1. The van der Waals surface area contributed by atoms with Crippen LogP contribution in [0.2, 0.25) is 0 Å². The highest BCUT2D eigenvalue weighted by molar-refractivity contribution is 7.90. The first-order chi connectivity index (χ1) is 18.1. The van der Waals surface area contributed by atoms with Crippen LogP contribution >= 0.6 is 0 Å². The number of carbonyl (C=O) groups excluding carboxylic acids is 3. The van der Waals surface area contributed by atoms with Crippen molar-refractivity contribution in [2.75, 3.05) is 11.9 Å².